The molecule has 90 valence electrons. The molecule has 2 heterocycles. The summed E-state index contributed by atoms with van der Waals surface area (Å²) in [5, 5.41) is 11.4. The third kappa shape index (κ3) is 3.60. The van der Waals surface area contributed by atoms with Gasteiger partial charge in [0.05, 0.1) is 30.3 Å². The molecule has 6 nitrogen and oxygen atoms in total. The highest BCUT2D eigenvalue weighted by Crippen LogP contribution is 1.97. The molecule has 0 aliphatic carbocycles. The maximum Gasteiger partial charge on any atom is 0.0964 e. The Morgan fingerprint density at radius 1 is 1.29 bits per heavy atom. The quantitative estimate of drug-likeness (QED) is 0.739. The van der Waals surface area contributed by atoms with E-state index in [1.807, 2.05) is 6.20 Å². The second-order valence-electron chi connectivity index (χ2n) is 3.78. The van der Waals surface area contributed by atoms with Crippen LogP contribution in [0.5, 0.6) is 0 Å². The van der Waals surface area contributed by atoms with Crippen molar-refractivity contribution in [1.82, 2.24) is 30.3 Å². The van der Waals surface area contributed by atoms with Gasteiger partial charge < -0.3 is 5.32 Å². The highest BCUT2D eigenvalue weighted by Gasteiger charge is 2.01. The van der Waals surface area contributed by atoms with Crippen LogP contribution in [0.3, 0.4) is 0 Å². The summed E-state index contributed by atoms with van der Waals surface area (Å²) in [4.78, 5) is 8.20. The van der Waals surface area contributed by atoms with Crippen LogP contribution in [-0.2, 0) is 13.1 Å². The zero-order valence-corrected chi connectivity index (χ0v) is 9.87. The highest BCUT2D eigenvalue weighted by atomic mass is 15.4. The molecule has 0 unspecified atom stereocenters. The summed E-state index contributed by atoms with van der Waals surface area (Å²) in [5.74, 6) is 0. The molecule has 2 rings (SSSR count). The van der Waals surface area contributed by atoms with Crippen LogP contribution in [0, 0.1) is 0 Å². The van der Waals surface area contributed by atoms with E-state index >= 15 is 0 Å². The van der Waals surface area contributed by atoms with Crippen LogP contribution in [0.1, 0.15) is 24.7 Å². The lowest BCUT2D eigenvalue weighted by Gasteiger charge is -1.98. The first-order valence-corrected chi connectivity index (χ1v) is 5.73. The first kappa shape index (κ1) is 11.7. The van der Waals surface area contributed by atoms with Gasteiger partial charge in [0, 0.05) is 18.9 Å². The molecule has 0 amide bonds. The topological polar surface area (TPSA) is 68.5 Å². The molecule has 0 saturated heterocycles. The molecule has 6 heteroatoms. The minimum absolute atomic E-state index is 0.606. The van der Waals surface area contributed by atoms with Crippen LogP contribution in [-0.4, -0.2) is 31.5 Å². The summed E-state index contributed by atoms with van der Waals surface area (Å²) in [6, 6.07) is 0. The fourth-order valence-electron chi connectivity index (χ4n) is 1.47. The smallest absolute Gasteiger partial charge is 0.0964 e. The van der Waals surface area contributed by atoms with Crippen molar-refractivity contribution in [3.8, 4) is 0 Å². The lowest BCUT2D eigenvalue weighted by Crippen LogP contribution is -2.13. The predicted octanol–water partition coefficient (Wildman–Crippen LogP) is 0.616. The summed E-state index contributed by atoms with van der Waals surface area (Å²) in [6.07, 6.45) is 8.11. The van der Waals surface area contributed by atoms with Crippen molar-refractivity contribution in [2.24, 2.45) is 0 Å². The molecule has 17 heavy (non-hydrogen) atoms. The summed E-state index contributed by atoms with van der Waals surface area (Å²) in [5.41, 5.74) is 1.83. The molecule has 0 saturated carbocycles. The summed E-state index contributed by atoms with van der Waals surface area (Å²) in [7, 11) is 0. The van der Waals surface area contributed by atoms with Crippen molar-refractivity contribution < 1.29 is 0 Å². The molecule has 0 aliphatic rings. The van der Waals surface area contributed by atoms with Crippen LogP contribution >= 0.6 is 0 Å². The molecule has 0 bridgehead atoms. The molecule has 2 aromatic rings. The number of hydrogen-bond donors (Lipinski definition) is 1. The van der Waals surface area contributed by atoms with Gasteiger partial charge >= 0.3 is 0 Å². The molecular weight excluding hydrogens is 216 g/mol. The Labute approximate surface area is 100 Å². The van der Waals surface area contributed by atoms with Crippen LogP contribution in [0.4, 0.5) is 0 Å². The van der Waals surface area contributed by atoms with Crippen molar-refractivity contribution in [2.75, 3.05) is 6.54 Å². The third-order valence-electron chi connectivity index (χ3n) is 2.26. The van der Waals surface area contributed by atoms with E-state index in [0.29, 0.717) is 6.54 Å². The summed E-state index contributed by atoms with van der Waals surface area (Å²) in [6.45, 7) is 4.50. The molecule has 2 aromatic heterocycles. The Morgan fingerprint density at radius 2 is 2.24 bits per heavy atom. The van der Waals surface area contributed by atoms with Gasteiger partial charge in [0.15, 0.2) is 0 Å². The van der Waals surface area contributed by atoms with E-state index in [-0.39, 0.29) is 0 Å². The number of aromatic nitrogens is 5. The average Bonchev–Trinajstić information content (AvgIpc) is 2.79. The fourth-order valence-corrected chi connectivity index (χ4v) is 1.47. The summed E-state index contributed by atoms with van der Waals surface area (Å²) < 4.78 is 1.77. The highest BCUT2D eigenvalue weighted by molar-refractivity contribution is 4.98. The van der Waals surface area contributed by atoms with Crippen LogP contribution < -0.4 is 5.32 Å². The van der Waals surface area contributed by atoms with Gasteiger partial charge in [-0.2, -0.15) is 0 Å². The van der Waals surface area contributed by atoms with Crippen molar-refractivity contribution in [2.45, 2.75) is 26.4 Å². The maximum absolute atomic E-state index is 4.19. The molecule has 0 atom stereocenters. The standard InChI is InChI=1S/C11H16N6/c1-2-3-12-7-11-9-17(16-15-11)8-10-6-13-4-5-14-10/h4-6,9,12H,2-3,7-8H2,1H3. The van der Waals surface area contributed by atoms with E-state index in [1.165, 1.54) is 0 Å². The lowest BCUT2D eigenvalue weighted by atomic mass is 10.4. The second-order valence-corrected chi connectivity index (χ2v) is 3.78. The van der Waals surface area contributed by atoms with Crippen LogP contribution in [0.2, 0.25) is 0 Å². The first-order valence-electron chi connectivity index (χ1n) is 5.73. The van der Waals surface area contributed by atoms with E-state index in [1.54, 1.807) is 23.3 Å². The van der Waals surface area contributed by atoms with Gasteiger partial charge in [0.2, 0.25) is 0 Å². The molecule has 0 fully saturated rings. The van der Waals surface area contributed by atoms with Gasteiger partial charge in [-0.25, -0.2) is 4.68 Å². The molecule has 0 radical (unpaired) electrons. The SMILES string of the molecule is CCCNCc1cn(Cc2cnccn2)nn1. The van der Waals surface area contributed by atoms with Gasteiger partial charge in [0.25, 0.3) is 0 Å². The Kier molecular flexibility index (Phi) is 4.15. The Balaban J connectivity index is 1.90. The Morgan fingerprint density at radius 3 is 3.00 bits per heavy atom. The number of nitrogens with one attached hydrogen (secondary N) is 1. The van der Waals surface area contributed by atoms with E-state index in [4.69, 9.17) is 0 Å². The Hall–Kier alpha value is -1.82. The second kappa shape index (κ2) is 6.05. The Bertz CT molecular complexity index is 438. The number of rotatable bonds is 6. The maximum atomic E-state index is 4.19. The molecule has 0 aliphatic heterocycles. The minimum Gasteiger partial charge on any atom is -0.311 e. The normalized spacial score (nSPS) is 10.6. The van der Waals surface area contributed by atoms with E-state index in [9.17, 15) is 0 Å². The van der Waals surface area contributed by atoms with Crippen molar-refractivity contribution in [1.29, 1.82) is 0 Å². The molecule has 0 spiro atoms. The largest absolute Gasteiger partial charge is 0.311 e. The molecule has 1 N–H and O–H groups in total. The minimum atomic E-state index is 0.606. The van der Waals surface area contributed by atoms with Crippen LogP contribution in [0.15, 0.2) is 24.8 Å². The van der Waals surface area contributed by atoms with Gasteiger partial charge in [-0.3, -0.25) is 9.97 Å². The van der Waals surface area contributed by atoms with Crippen molar-refractivity contribution in [3.63, 3.8) is 0 Å². The van der Waals surface area contributed by atoms with Gasteiger partial charge in [-0.1, -0.05) is 12.1 Å². The zero-order chi connectivity index (χ0) is 11.9. The van der Waals surface area contributed by atoms with E-state index < -0.39 is 0 Å². The van der Waals surface area contributed by atoms with Gasteiger partial charge in [-0.05, 0) is 13.0 Å². The number of nitrogens with zero attached hydrogens (tertiary/aromatic N) is 5. The van der Waals surface area contributed by atoms with E-state index in [0.717, 1.165) is 30.9 Å². The molecular formula is C11H16N6. The number of hydrogen-bond acceptors (Lipinski definition) is 5. The third-order valence-corrected chi connectivity index (χ3v) is 2.26. The van der Waals surface area contributed by atoms with Gasteiger partial charge in [-0.15, -0.1) is 5.10 Å². The van der Waals surface area contributed by atoms with Crippen molar-refractivity contribution >= 4 is 0 Å². The first-order chi connectivity index (χ1) is 8.38. The lowest BCUT2D eigenvalue weighted by molar-refractivity contribution is 0.634. The summed E-state index contributed by atoms with van der Waals surface area (Å²) >= 11 is 0. The van der Waals surface area contributed by atoms with Gasteiger partial charge in [0.1, 0.15) is 0 Å². The molecule has 0 aromatic carbocycles. The monoisotopic (exact) mass is 232 g/mol. The fraction of sp³-hybridized carbons (Fsp3) is 0.455. The predicted molar refractivity (Wildman–Crippen MR) is 63.2 cm³/mol. The van der Waals surface area contributed by atoms with Crippen molar-refractivity contribution in [3.05, 3.63) is 36.2 Å². The zero-order valence-electron chi connectivity index (χ0n) is 9.87. The average molecular weight is 232 g/mol. The van der Waals surface area contributed by atoms with Crippen LogP contribution in [0.25, 0.3) is 0 Å². The van der Waals surface area contributed by atoms with E-state index in [2.05, 4.69) is 32.5 Å².